The molecule has 0 aliphatic carbocycles. The van der Waals surface area contributed by atoms with E-state index in [9.17, 15) is 4.79 Å². The minimum Gasteiger partial charge on any atom is -0.322 e. The second-order valence-corrected chi connectivity index (χ2v) is 7.77. The number of allylic oxidation sites excluding steroid dienone is 9. The summed E-state index contributed by atoms with van der Waals surface area (Å²) in [6, 6.07) is 0. The normalized spacial score (nSPS) is 19.7. The molecule has 154 valence electrons. The first-order chi connectivity index (χ1) is 13.9. The summed E-state index contributed by atoms with van der Waals surface area (Å²) < 4.78 is 0. The molecule has 0 saturated carbocycles. The molecule has 1 aliphatic heterocycles. The van der Waals surface area contributed by atoms with Gasteiger partial charge in [0, 0.05) is 11.6 Å². The molecule has 0 aromatic carbocycles. The number of nitrogens with two attached hydrogens (primary N) is 1. The van der Waals surface area contributed by atoms with Crippen LogP contribution < -0.4 is 11.1 Å². The molecule has 0 radical (unpaired) electrons. The van der Waals surface area contributed by atoms with Crippen LogP contribution in [0.3, 0.4) is 0 Å². The van der Waals surface area contributed by atoms with E-state index in [0.29, 0.717) is 5.13 Å². The lowest BCUT2D eigenvalue weighted by Gasteiger charge is -2.06. The molecule has 1 aromatic rings. The van der Waals surface area contributed by atoms with Gasteiger partial charge in [0.25, 0.3) is 0 Å². The number of amides is 1. The summed E-state index contributed by atoms with van der Waals surface area (Å²) in [6.45, 7) is 8.35. The van der Waals surface area contributed by atoms with E-state index < -0.39 is 0 Å². The molecule has 0 spiro atoms. The number of rotatable bonds is 7. The molecule has 0 bridgehead atoms. The maximum absolute atomic E-state index is 11.5. The molecule has 1 amide bonds. The predicted molar refractivity (Wildman–Crippen MR) is 125 cm³/mol. The highest BCUT2D eigenvalue weighted by molar-refractivity contribution is 7.14. The van der Waals surface area contributed by atoms with E-state index in [2.05, 4.69) is 67.3 Å². The van der Waals surface area contributed by atoms with Crippen LogP contribution in [0.2, 0.25) is 0 Å². The number of nitrogens with zero attached hydrogens (tertiary/aromatic N) is 2. The zero-order chi connectivity index (χ0) is 21.2. The van der Waals surface area contributed by atoms with E-state index >= 15 is 0 Å². The molecule has 1 aromatic heterocycles. The molecular formula is C23H30N4OS. The minimum absolute atomic E-state index is 0.0530. The van der Waals surface area contributed by atoms with Gasteiger partial charge in [-0.3, -0.25) is 9.79 Å². The standard InChI is InChI=1S/C23H30N4OS/c1-5-17(3)19(21-15-29-23(26-21)27-22(28)14-24)11-8-10-18(4)20-13-16(2)9-6-7-12-25-20/h8-13,15H,5-7,14,24H2,1-4H3,(H,26,27,28)/b11-8-,16-9-,18-10+,19-17+,20-13-,25-12?. The first kappa shape index (κ1) is 22.7. The van der Waals surface area contributed by atoms with Crippen LogP contribution in [0.5, 0.6) is 0 Å². The Labute approximate surface area is 177 Å². The Morgan fingerprint density at radius 2 is 2.14 bits per heavy atom. The third-order valence-electron chi connectivity index (χ3n) is 4.57. The first-order valence-electron chi connectivity index (χ1n) is 9.86. The van der Waals surface area contributed by atoms with Crippen LogP contribution in [-0.4, -0.2) is 23.7 Å². The summed E-state index contributed by atoms with van der Waals surface area (Å²) in [6.07, 6.45) is 15.4. The second-order valence-electron chi connectivity index (χ2n) is 6.91. The Morgan fingerprint density at radius 1 is 1.34 bits per heavy atom. The van der Waals surface area contributed by atoms with Gasteiger partial charge in [-0.15, -0.1) is 11.3 Å². The number of thiazole rings is 1. The summed E-state index contributed by atoms with van der Waals surface area (Å²) in [4.78, 5) is 20.6. The average molecular weight is 411 g/mol. The Hall–Kier alpha value is -2.57. The summed E-state index contributed by atoms with van der Waals surface area (Å²) in [5.41, 5.74) is 11.8. The quantitative estimate of drug-likeness (QED) is 0.589. The molecule has 29 heavy (non-hydrogen) atoms. The Bertz CT molecular complexity index is 913. The van der Waals surface area contributed by atoms with Crippen molar-refractivity contribution in [1.82, 2.24) is 4.98 Å². The highest BCUT2D eigenvalue weighted by atomic mass is 32.1. The molecule has 2 heterocycles. The second kappa shape index (κ2) is 11.4. The molecule has 0 atom stereocenters. The maximum atomic E-state index is 11.5. The van der Waals surface area contributed by atoms with Crippen LogP contribution in [-0.2, 0) is 4.79 Å². The third-order valence-corrected chi connectivity index (χ3v) is 5.33. The molecule has 5 nitrogen and oxygen atoms in total. The maximum Gasteiger partial charge on any atom is 0.239 e. The van der Waals surface area contributed by atoms with E-state index in [0.717, 1.165) is 41.8 Å². The van der Waals surface area contributed by atoms with Gasteiger partial charge in [0.05, 0.1) is 17.9 Å². The molecular weight excluding hydrogens is 380 g/mol. The molecule has 0 fully saturated rings. The molecule has 1 aliphatic rings. The minimum atomic E-state index is -0.241. The van der Waals surface area contributed by atoms with Gasteiger partial charge in [-0.25, -0.2) is 4.98 Å². The van der Waals surface area contributed by atoms with Gasteiger partial charge in [-0.1, -0.05) is 42.4 Å². The van der Waals surface area contributed by atoms with Crippen molar-refractivity contribution < 1.29 is 4.79 Å². The van der Waals surface area contributed by atoms with Gasteiger partial charge >= 0.3 is 0 Å². The average Bonchev–Trinajstić information content (AvgIpc) is 3.14. The highest BCUT2D eigenvalue weighted by Crippen LogP contribution is 2.26. The van der Waals surface area contributed by atoms with Crippen molar-refractivity contribution in [3.05, 3.63) is 63.9 Å². The number of aliphatic imine (C=N–C) groups is 1. The molecule has 0 saturated heterocycles. The monoisotopic (exact) mass is 410 g/mol. The lowest BCUT2D eigenvalue weighted by atomic mass is 10.0. The smallest absolute Gasteiger partial charge is 0.239 e. The number of aromatic nitrogens is 1. The van der Waals surface area contributed by atoms with Crippen LogP contribution >= 0.6 is 11.3 Å². The Morgan fingerprint density at radius 3 is 2.86 bits per heavy atom. The van der Waals surface area contributed by atoms with Gasteiger partial charge in [0.15, 0.2) is 5.13 Å². The highest BCUT2D eigenvalue weighted by Gasteiger charge is 2.09. The SMILES string of the molecule is CC\C(C)=C(/C=C\C=C(C)\C1=C\C(C)=C/CCC=N1)c1csc(NC(=O)CN)n1. The van der Waals surface area contributed by atoms with E-state index in [1.165, 1.54) is 22.5 Å². The van der Waals surface area contributed by atoms with Crippen molar-refractivity contribution in [2.75, 3.05) is 11.9 Å². The zero-order valence-corrected chi connectivity index (χ0v) is 18.5. The molecule has 6 heteroatoms. The lowest BCUT2D eigenvalue weighted by Crippen LogP contribution is -2.21. The van der Waals surface area contributed by atoms with E-state index in [1.807, 2.05) is 17.7 Å². The number of nitrogens with one attached hydrogen (secondary N) is 1. The van der Waals surface area contributed by atoms with Crippen LogP contribution in [0.4, 0.5) is 5.13 Å². The van der Waals surface area contributed by atoms with Crippen molar-refractivity contribution in [1.29, 1.82) is 0 Å². The van der Waals surface area contributed by atoms with Crippen molar-refractivity contribution in [2.45, 2.75) is 47.0 Å². The van der Waals surface area contributed by atoms with Crippen LogP contribution in [0.15, 0.2) is 63.2 Å². The molecule has 2 rings (SSSR count). The van der Waals surface area contributed by atoms with E-state index in [-0.39, 0.29) is 12.5 Å². The number of anilines is 1. The van der Waals surface area contributed by atoms with Crippen molar-refractivity contribution >= 4 is 34.2 Å². The van der Waals surface area contributed by atoms with E-state index in [4.69, 9.17) is 5.73 Å². The number of hydrogen-bond donors (Lipinski definition) is 2. The Balaban J connectivity index is 2.25. The molecule has 0 unspecified atom stereocenters. The largest absolute Gasteiger partial charge is 0.322 e. The topological polar surface area (TPSA) is 80.4 Å². The van der Waals surface area contributed by atoms with Crippen molar-refractivity contribution in [2.24, 2.45) is 10.7 Å². The summed E-state index contributed by atoms with van der Waals surface area (Å²) in [5.74, 6) is -0.241. The first-order valence-corrected chi connectivity index (χ1v) is 10.7. The fourth-order valence-electron chi connectivity index (χ4n) is 2.71. The summed E-state index contributed by atoms with van der Waals surface area (Å²) in [5, 5.41) is 5.23. The lowest BCUT2D eigenvalue weighted by molar-refractivity contribution is -0.114. The van der Waals surface area contributed by atoms with Gasteiger partial charge in [0.1, 0.15) is 0 Å². The molecule has 3 N–H and O–H groups in total. The van der Waals surface area contributed by atoms with Crippen LogP contribution in [0.1, 0.15) is 52.7 Å². The number of hydrogen-bond acceptors (Lipinski definition) is 5. The van der Waals surface area contributed by atoms with Gasteiger partial charge in [-0.05, 0) is 57.3 Å². The number of carbonyl (C=O) groups is 1. The fraction of sp³-hybridized carbons (Fsp3) is 0.348. The van der Waals surface area contributed by atoms with Crippen LogP contribution in [0, 0.1) is 0 Å². The van der Waals surface area contributed by atoms with Gasteiger partial charge < -0.3 is 11.1 Å². The van der Waals surface area contributed by atoms with Crippen molar-refractivity contribution in [3.8, 4) is 0 Å². The number of carbonyl (C=O) groups excluding carboxylic acids is 1. The van der Waals surface area contributed by atoms with Gasteiger partial charge in [-0.2, -0.15) is 0 Å². The summed E-state index contributed by atoms with van der Waals surface area (Å²) >= 11 is 1.40. The predicted octanol–water partition coefficient (Wildman–Crippen LogP) is 5.42. The van der Waals surface area contributed by atoms with Crippen LogP contribution in [0.25, 0.3) is 5.57 Å². The Kier molecular flexibility index (Phi) is 8.96. The van der Waals surface area contributed by atoms with E-state index in [1.54, 1.807) is 0 Å². The third kappa shape index (κ3) is 7.07. The van der Waals surface area contributed by atoms with Gasteiger partial charge in [0.2, 0.25) is 5.91 Å². The fourth-order valence-corrected chi connectivity index (χ4v) is 3.44. The van der Waals surface area contributed by atoms with Crippen molar-refractivity contribution in [3.63, 3.8) is 0 Å². The summed E-state index contributed by atoms with van der Waals surface area (Å²) in [7, 11) is 0. The zero-order valence-electron chi connectivity index (χ0n) is 17.7.